The number of carbonyl (C=O) groups is 2. The normalized spacial score (nSPS) is 25.8. The summed E-state index contributed by atoms with van der Waals surface area (Å²) in [6, 6.07) is 15.5. The van der Waals surface area contributed by atoms with Gasteiger partial charge in [0.2, 0.25) is 5.91 Å². The highest BCUT2D eigenvalue weighted by Crippen LogP contribution is 2.38. The maximum atomic E-state index is 13.0. The van der Waals surface area contributed by atoms with Crippen LogP contribution in [0, 0.1) is 0 Å². The Morgan fingerprint density at radius 3 is 2.31 bits per heavy atom. The van der Waals surface area contributed by atoms with Crippen molar-refractivity contribution in [3.05, 3.63) is 71.3 Å². The number of likely N-dealkylation sites (tertiary alicyclic amines) is 1. The Labute approximate surface area is 209 Å². The van der Waals surface area contributed by atoms with Crippen LogP contribution in [0.3, 0.4) is 0 Å². The van der Waals surface area contributed by atoms with Crippen molar-refractivity contribution in [3.63, 3.8) is 0 Å². The highest BCUT2D eigenvalue weighted by atomic mass is 19.4. The second-order valence-electron chi connectivity index (χ2n) is 10.5. The third-order valence-electron chi connectivity index (χ3n) is 8.03. The van der Waals surface area contributed by atoms with Crippen molar-refractivity contribution in [1.82, 2.24) is 15.5 Å². The second kappa shape index (κ2) is 9.88. The molecule has 8 heteroatoms. The fraction of sp³-hybridized carbons (Fsp3) is 0.500. The molecule has 2 aromatic rings. The van der Waals surface area contributed by atoms with E-state index in [2.05, 4.69) is 45.9 Å². The van der Waals surface area contributed by atoms with Crippen LogP contribution in [0.5, 0.6) is 0 Å². The Morgan fingerprint density at radius 2 is 1.64 bits per heavy atom. The Hall–Kier alpha value is -2.87. The smallest absolute Gasteiger partial charge is 0.350 e. The molecule has 2 saturated carbocycles. The minimum absolute atomic E-state index is 0.0206. The summed E-state index contributed by atoms with van der Waals surface area (Å²) in [5.41, 5.74) is -0.577. The Bertz CT molecular complexity index is 1090. The maximum absolute atomic E-state index is 13.0. The summed E-state index contributed by atoms with van der Waals surface area (Å²) in [5, 5.41) is 5.80. The monoisotopic (exact) mass is 499 g/mol. The molecule has 1 saturated heterocycles. The molecule has 2 amide bonds. The fourth-order valence-corrected chi connectivity index (χ4v) is 5.72. The van der Waals surface area contributed by atoms with E-state index >= 15 is 0 Å². The number of rotatable bonds is 6. The van der Waals surface area contributed by atoms with Gasteiger partial charge >= 0.3 is 6.18 Å². The molecule has 0 radical (unpaired) electrons. The fourth-order valence-electron chi connectivity index (χ4n) is 5.72. The van der Waals surface area contributed by atoms with Crippen LogP contribution in [0.25, 0.3) is 0 Å². The number of amides is 2. The molecule has 1 aliphatic heterocycles. The van der Waals surface area contributed by atoms with Crippen LogP contribution in [0.4, 0.5) is 13.2 Å². The standard InChI is InChI=1S/C28H32F3N3O2/c29-28(30,31)22-8-4-7-21(17-22)25(35)33-27(14-15-27)26(36)32-23-13-16-34(18-23)24-11-9-20(10-12-24)19-5-2-1-3-6-19/h1-8,17,20,23-24H,9-16,18H2,(H,32,36)(H,33,35)/t20?,23-,24?/m1/s1. The second-order valence-corrected chi connectivity index (χ2v) is 10.5. The van der Waals surface area contributed by atoms with Gasteiger partial charge < -0.3 is 10.6 Å². The quantitative estimate of drug-likeness (QED) is 0.595. The molecule has 192 valence electrons. The molecule has 1 heterocycles. The number of alkyl halides is 3. The Kier molecular flexibility index (Phi) is 6.81. The van der Waals surface area contributed by atoms with Crippen LogP contribution in [0.15, 0.2) is 54.6 Å². The van der Waals surface area contributed by atoms with Crippen molar-refractivity contribution in [2.75, 3.05) is 13.1 Å². The van der Waals surface area contributed by atoms with E-state index in [-0.39, 0.29) is 17.5 Å². The number of nitrogens with zero attached hydrogens (tertiary/aromatic N) is 1. The molecule has 0 unspecified atom stereocenters. The zero-order chi connectivity index (χ0) is 25.3. The summed E-state index contributed by atoms with van der Waals surface area (Å²) in [6.45, 7) is 1.74. The molecule has 2 aromatic carbocycles. The van der Waals surface area contributed by atoms with Crippen molar-refractivity contribution >= 4 is 11.8 Å². The number of carbonyl (C=O) groups excluding carboxylic acids is 2. The zero-order valence-electron chi connectivity index (χ0n) is 20.2. The summed E-state index contributed by atoms with van der Waals surface area (Å²) in [6.07, 6.45) is 1.96. The predicted molar refractivity (Wildman–Crippen MR) is 130 cm³/mol. The van der Waals surface area contributed by atoms with E-state index in [4.69, 9.17) is 0 Å². The van der Waals surface area contributed by atoms with E-state index in [0.717, 1.165) is 44.5 Å². The van der Waals surface area contributed by atoms with Crippen LogP contribution in [-0.2, 0) is 11.0 Å². The van der Waals surface area contributed by atoms with Gasteiger partial charge in [0.05, 0.1) is 5.56 Å². The molecule has 3 aliphatic rings. The molecule has 2 N–H and O–H groups in total. The Balaban J connectivity index is 1.11. The molecule has 36 heavy (non-hydrogen) atoms. The third kappa shape index (κ3) is 5.43. The number of hydrogen-bond acceptors (Lipinski definition) is 3. The van der Waals surface area contributed by atoms with Crippen LogP contribution >= 0.6 is 0 Å². The highest BCUT2D eigenvalue weighted by molar-refractivity contribution is 6.00. The van der Waals surface area contributed by atoms with Crippen LogP contribution in [-0.4, -0.2) is 47.4 Å². The lowest BCUT2D eigenvalue weighted by molar-refractivity contribution is -0.137. The number of hydrogen-bond donors (Lipinski definition) is 2. The van der Waals surface area contributed by atoms with Gasteiger partial charge in [-0.2, -0.15) is 13.2 Å². The molecule has 0 bridgehead atoms. The van der Waals surface area contributed by atoms with Crippen molar-refractivity contribution in [2.24, 2.45) is 0 Å². The summed E-state index contributed by atoms with van der Waals surface area (Å²) in [4.78, 5) is 28.2. The molecule has 1 atom stereocenters. The van der Waals surface area contributed by atoms with Gasteiger partial charge in [-0.15, -0.1) is 0 Å². The summed E-state index contributed by atoms with van der Waals surface area (Å²) >= 11 is 0. The van der Waals surface area contributed by atoms with Gasteiger partial charge in [-0.1, -0.05) is 36.4 Å². The average molecular weight is 500 g/mol. The van der Waals surface area contributed by atoms with Crippen molar-refractivity contribution in [3.8, 4) is 0 Å². The number of nitrogens with one attached hydrogen (secondary N) is 2. The minimum Gasteiger partial charge on any atom is -0.350 e. The van der Waals surface area contributed by atoms with Gasteiger partial charge in [-0.05, 0) is 74.6 Å². The van der Waals surface area contributed by atoms with Gasteiger partial charge in [-0.25, -0.2) is 0 Å². The summed E-state index contributed by atoms with van der Waals surface area (Å²) in [7, 11) is 0. The average Bonchev–Trinajstić information content (AvgIpc) is 3.52. The van der Waals surface area contributed by atoms with Gasteiger partial charge in [0.15, 0.2) is 0 Å². The molecule has 0 spiro atoms. The SMILES string of the molecule is O=C(NC1(C(=O)N[C@@H]2CCN(C3CCC(c4ccccc4)CC3)C2)CC1)c1cccc(C(F)(F)F)c1. The number of benzene rings is 2. The van der Waals surface area contributed by atoms with E-state index in [1.807, 2.05) is 0 Å². The lowest BCUT2D eigenvalue weighted by Crippen LogP contribution is -2.52. The summed E-state index contributed by atoms with van der Waals surface area (Å²) in [5.74, 6) is -0.268. The van der Waals surface area contributed by atoms with E-state index in [1.54, 1.807) is 0 Å². The first-order chi connectivity index (χ1) is 17.2. The molecule has 0 aromatic heterocycles. The molecular weight excluding hydrogens is 467 g/mol. The molecule has 2 aliphatic carbocycles. The van der Waals surface area contributed by atoms with Gasteiger partial charge in [0.25, 0.3) is 5.91 Å². The lowest BCUT2D eigenvalue weighted by Gasteiger charge is -2.35. The summed E-state index contributed by atoms with van der Waals surface area (Å²) < 4.78 is 39.0. The maximum Gasteiger partial charge on any atom is 0.416 e. The van der Waals surface area contributed by atoms with Crippen molar-refractivity contribution < 1.29 is 22.8 Å². The lowest BCUT2D eigenvalue weighted by atomic mass is 9.81. The Morgan fingerprint density at radius 1 is 0.917 bits per heavy atom. The number of halogens is 3. The highest BCUT2D eigenvalue weighted by Gasteiger charge is 2.52. The van der Waals surface area contributed by atoms with Gasteiger partial charge in [-0.3, -0.25) is 14.5 Å². The predicted octanol–water partition coefficient (Wildman–Crippen LogP) is 4.88. The third-order valence-corrected chi connectivity index (χ3v) is 8.03. The zero-order valence-corrected chi connectivity index (χ0v) is 20.2. The van der Waals surface area contributed by atoms with Crippen molar-refractivity contribution in [1.29, 1.82) is 0 Å². The minimum atomic E-state index is -4.53. The van der Waals surface area contributed by atoms with E-state index in [1.165, 1.54) is 30.5 Å². The molecule has 3 fully saturated rings. The first-order valence-corrected chi connectivity index (χ1v) is 12.8. The first-order valence-electron chi connectivity index (χ1n) is 12.8. The van der Waals surface area contributed by atoms with E-state index < -0.39 is 23.2 Å². The molecular formula is C28H32F3N3O2. The van der Waals surface area contributed by atoms with Crippen LogP contribution in [0.2, 0.25) is 0 Å². The van der Waals surface area contributed by atoms with Crippen LogP contribution in [0.1, 0.15) is 72.3 Å². The largest absolute Gasteiger partial charge is 0.416 e. The topological polar surface area (TPSA) is 61.4 Å². The van der Waals surface area contributed by atoms with E-state index in [0.29, 0.717) is 24.8 Å². The van der Waals surface area contributed by atoms with Crippen LogP contribution < -0.4 is 10.6 Å². The molecule has 5 nitrogen and oxygen atoms in total. The first kappa shape index (κ1) is 24.8. The van der Waals surface area contributed by atoms with Gasteiger partial charge in [0, 0.05) is 30.7 Å². The molecule has 5 rings (SSSR count). The van der Waals surface area contributed by atoms with Crippen molar-refractivity contribution in [2.45, 2.75) is 74.7 Å². The van der Waals surface area contributed by atoms with Gasteiger partial charge in [0.1, 0.15) is 5.54 Å². The van der Waals surface area contributed by atoms with E-state index in [9.17, 15) is 22.8 Å².